The maximum absolute atomic E-state index is 12.8. The van der Waals surface area contributed by atoms with Gasteiger partial charge >= 0.3 is 10.2 Å². The molecule has 0 saturated heterocycles. The summed E-state index contributed by atoms with van der Waals surface area (Å²) in [7, 11) is -9.75. The monoisotopic (exact) mass is 419 g/mol. The van der Waals surface area contributed by atoms with E-state index < -0.39 is 21.4 Å². The van der Waals surface area contributed by atoms with Crippen molar-refractivity contribution < 1.29 is 34.4 Å². The van der Waals surface area contributed by atoms with Crippen molar-refractivity contribution in [1.82, 2.24) is 4.98 Å². The molecular weight excluding hydrogens is 405 g/mol. The Bertz CT molecular complexity index is 991. The van der Waals surface area contributed by atoms with Crippen LogP contribution in [0.1, 0.15) is 11.9 Å². The van der Waals surface area contributed by atoms with E-state index >= 15 is 0 Å². The van der Waals surface area contributed by atoms with Crippen LogP contribution in [0, 0.1) is 0 Å². The standard InChI is InChI=1S/C18H14F5NO3S/c19-28(20,21,22,23)15-9-7-14(8-10-15)27-17-16(2-1-11-24-17)12-3-5-13(6-4-12)18(25)26/h1-11,18,25-26H. The van der Waals surface area contributed by atoms with Gasteiger partial charge in [-0.2, -0.15) is 0 Å². The van der Waals surface area contributed by atoms with Crippen molar-refractivity contribution in [3.8, 4) is 22.8 Å². The first kappa shape index (κ1) is 20.1. The normalized spacial score (nSPS) is 14.4. The van der Waals surface area contributed by atoms with Gasteiger partial charge in [0.2, 0.25) is 5.88 Å². The Hall–Kier alpha value is -2.69. The average Bonchev–Trinajstić information content (AvgIpc) is 2.61. The maximum atomic E-state index is 12.8. The van der Waals surface area contributed by atoms with Crippen LogP contribution in [-0.4, -0.2) is 15.2 Å². The molecule has 3 aromatic rings. The van der Waals surface area contributed by atoms with Gasteiger partial charge in [-0.15, -0.1) is 0 Å². The lowest BCUT2D eigenvalue weighted by atomic mass is 10.0. The molecule has 1 heterocycles. The Balaban J connectivity index is 1.90. The molecule has 10 heteroatoms. The van der Waals surface area contributed by atoms with Gasteiger partial charge in [0.25, 0.3) is 0 Å². The second-order valence-electron chi connectivity index (χ2n) is 5.89. The summed E-state index contributed by atoms with van der Waals surface area (Å²) in [4.78, 5) is 2.01. The lowest BCUT2D eigenvalue weighted by Gasteiger charge is -2.40. The molecule has 0 unspecified atom stereocenters. The van der Waals surface area contributed by atoms with Gasteiger partial charge in [0.05, 0.1) is 0 Å². The summed E-state index contributed by atoms with van der Waals surface area (Å²) in [5.41, 5.74) is 1.33. The van der Waals surface area contributed by atoms with E-state index in [1.165, 1.54) is 18.3 Å². The molecule has 0 spiro atoms. The van der Waals surface area contributed by atoms with E-state index in [-0.39, 0.29) is 29.3 Å². The molecule has 0 radical (unpaired) electrons. The highest BCUT2D eigenvalue weighted by Gasteiger charge is 2.65. The third kappa shape index (κ3) is 4.58. The van der Waals surface area contributed by atoms with E-state index in [1.54, 1.807) is 24.3 Å². The van der Waals surface area contributed by atoms with Crippen LogP contribution in [0.25, 0.3) is 11.1 Å². The smallest absolute Gasteiger partial charge is 0.310 e. The topological polar surface area (TPSA) is 62.6 Å². The highest BCUT2D eigenvalue weighted by molar-refractivity contribution is 8.45. The van der Waals surface area contributed by atoms with Crippen LogP contribution in [0.15, 0.2) is 71.8 Å². The van der Waals surface area contributed by atoms with E-state index in [4.69, 9.17) is 14.9 Å². The van der Waals surface area contributed by atoms with E-state index in [2.05, 4.69) is 4.98 Å². The Morgan fingerprint density at radius 2 is 1.43 bits per heavy atom. The largest absolute Gasteiger partial charge is 0.438 e. The number of hydrogen-bond acceptors (Lipinski definition) is 4. The molecule has 0 aliphatic carbocycles. The van der Waals surface area contributed by atoms with E-state index in [0.717, 1.165) is 12.1 Å². The highest BCUT2D eigenvalue weighted by atomic mass is 32.5. The molecule has 3 rings (SSSR count). The molecule has 0 bridgehead atoms. The fourth-order valence-corrected chi connectivity index (χ4v) is 3.05. The van der Waals surface area contributed by atoms with Gasteiger partial charge in [-0.25, -0.2) is 4.98 Å². The van der Waals surface area contributed by atoms with Crippen LogP contribution < -0.4 is 4.74 Å². The van der Waals surface area contributed by atoms with Crippen molar-refractivity contribution >= 4 is 10.2 Å². The molecular formula is C18H14F5NO3S. The number of aromatic nitrogens is 1. The van der Waals surface area contributed by atoms with Crippen molar-refractivity contribution in [3.05, 3.63) is 72.4 Å². The van der Waals surface area contributed by atoms with Crippen molar-refractivity contribution in [3.63, 3.8) is 0 Å². The molecule has 2 aromatic carbocycles. The lowest BCUT2D eigenvalue weighted by molar-refractivity contribution is -0.0424. The highest BCUT2D eigenvalue weighted by Crippen LogP contribution is 3.02. The number of halogens is 5. The SMILES string of the molecule is OC(O)c1ccc(-c2cccnc2Oc2ccc(S(F)(F)(F)(F)F)cc2)cc1. The van der Waals surface area contributed by atoms with E-state index in [9.17, 15) is 19.4 Å². The molecule has 0 fully saturated rings. The summed E-state index contributed by atoms with van der Waals surface area (Å²) in [5, 5.41) is 18.3. The van der Waals surface area contributed by atoms with Gasteiger partial charge < -0.3 is 14.9 Å². The quantitative estimate of drug-likeness (QED) is 0.383. The van der Waals surface area contributed by atoms with Crippen LogP contribution in [0.4, 0.5) is 19.4 Å². The van der Waals surface area contributed by atoms with Crippen molar-refractivity contribution in [2.75, 3.05) is 0 Å². The molecule has 1 aromatic heterocycles. The third-order valence-corrected chi connectivity index (χ3v) is 4.94. The zero-order valence-electron chi connectivity index (χ0n) is 14.0. The number of nitrogens with zero attached hydrogens (tertiary/aromatic N) is 1. The van der Waals surface area contributed by atoms with Gasteiger partial charge in [-0.3, -0.25) is 0 Å². The number of ether oxygens (including phenoxy) is 1. The molecule has 0 aliphatic rings. The second-order valence-corrected chi connectivity index (χ2v) is 8.30. The summed E-state index contributed by atoms with van der Waals surface area (Å²) in [6.07, 6.45) is -0.236. The van der Waals surface area contributed by atoms with Gasteiger partial charge in [0, 0.05) is 17.3 Å². The van der Waals surface area contributed by atoms with Crippen LogP contribution in [0.2, 0.25) is 0 Å². The molecule has 28 heavy (non-hydrogen) atoms. The molecule has 2 N–H and O–H groups in total. The zero-order chi connectivity index (χ0) is 20.6. The molecule has 0 atom stereocenters. The minimum absolute atomic E-state index is 0.0416. The van der Waals surface area contributed by atoms with Crippen LogP contribution >= 0.6 is 10.2 Å². The van der Waals surface area contributed by atoms with Gasteiger partial charge in [0.15, 0.2) is 6.29 Å². The average molecular weight is 419 g/mol. The molecule has 4 nitrogen and oxygen atoms in total. The van der Waals surface area contributed by atoms with Gasteiger partial charge in [-0.05, 0) is 42.0 Å². The maximum Gasteiger partial charge on any atom is 0.310 e. The molecule has 0 saturated carbocycles. The number of rotatable bonds is 5. The van der Waals surface area contributed by atoms with Gasteiger partial charge in [0.1, 0.15) is 10.6 Å². The van der Waals surface area contributed by atoms with E-state index in [1.807, 2.05) is 0 Å². The number of pyridine rings is 1. The number of hydrogen-bond donors (Lipinski definition) is 2. The first-order valence-corrected chi connectivity index (χ1v) is 9.72. The third-order valence-electron chi connectivity index (χ3n) is 3.77. The Labute approximate surface area is 156 Å². The minimum atomic E-state index is -9.75. The predicted molar refractivity (Wildman–Crippen MR) is 94.8 cm³/mol. The first-order chi connectivity index (χ1) is 12.8. The summed E-state index contributed by atoms with van der Waals surface area (Å²) >= 11 is 0. The zero-order valence-corrected chi connectivity index (χ0v) is 14.8. The van der Waals surface area contributed by atoms with Crippen molar-refractivity contribution in [2.24, 2.45) is 0 Å². The Morgan fingerprint density at radius 1 is 0.821 bits per heavy atom. The van der Waals surface area contributed by atoms with Crippen LogP contribution in [-0.2, 0) is 0 Å². The number of benzene rings is 2. The number of aliphatic hydroxyl groups is 2. The fourth-order valence-electron chi connectivity index (χ4n) is 2.40. The summed E-state index contributed by atoms with van der Waals surface area (Å²) in [6, 6.07) is 11.4. The molecule has 150 valence electrons. The van der Waals surface area contributed by atoms with Gasteiger partial charge in [-0.1, -0.05) is 43.7 Å². The van der Waals surface area contributed by atoms with Crippen LogP contribution in [0.5, 0.6) is 11.6 Å². The lowest BCUT2D eigenvalue weighted by Crippen LogP contribution is -2.05. The second kappa shape index (κ2) is 6.16. The minimum Gasteiger partial charge on any atom is -0.438 e. The predicted octanol–water partition coefficient (Wildman–Crippen LogP) is 6.18. The summed E-state index contributed by atoms with van der Waals surface area (Å²) in [6.45, 7) is 0. The fraction of sp³-hybridized carbons (Fsp3) is 0.0556. The first-order valence-electron chi connectivity index (χ1n) is 7.77. The Kier molecular flexibility index (Phi) is 4.41. The summed E-state index contributed by atoms with van der Waals surface area (Å²) in [5.74, 6) is -0.0622. The Morgan fingerprint density at radius 3 is 1.96 bits per heavy atom. The summed E-state index contributed by atoms with van der Waals surface area (Å²) < 4.78 is 69.4. The van der Waals surface area contributed by atoms with Crippen molar-refractivity contribution in [2.45, 2.75) is 11.2 Å². The van der Waals surface area contributed by atoms with E-state index in [0.29, 0.717) is 11.1 Å². The molecule has 0 aliphatic heterocycles. The number of aliphatic hydroxyl groups excluding tert-OH is 1. The van der Waals surface area contributed by atoms with Crippen molar-refractivity contribution in [1.29, 1.82) is 0 Å². The molecule has 0 amide bonds. The van der Waals surface area contributed by atoms with Crippen LogP contribution in [0.3, 0.4) is 0 Å².